The molecule has 1 aromatic heterocycles. The molecule has 0 unspecified atom stereocenters. The van der Waals surface area contributed by atoms with E-state index in [1.807, 2.05) is 0 Å². The van der Waals surface area contributed by atoms with E-state index in [0.717, 1.165) is 12.2 Å². The SMILES string of the molecule is CC[I-]N1Cc2ccccc2-c2c(nnn2[I-]CC(C)C)-c2ccccc21. The van der Waals surface area contributed by atoms with E-state index in [0.29, 0.717) is 5.92 Å². The first-order chi connectivity index (χ1) is 13.2. The summed E-state index contributed by atoms with van der Waals surface area (Å²) < 4.78 is 7.27. The number of fused-ring (bicyclic) bond motifs is 5. The first-order valence-corrected chi connectivity index (χ1v) is 14.3. The van der Waals surface area contributed by atoms with Gasteiger partial charge in [-0.05, 0) is 0 Å². The molecule has 3 aromatic rings. The summed E-state index contributed by atoms with van der Waals surface area (Å²) >= 11 is -0.265. The number of anilines is 1. The number of rotatable bonds is 5. The van der Waals surface area contributed by atoms with Crippen molar-refractivity contribution in [1.82, 2.24) is 13.2 Å². The zero-order chi connectivity index (χ0) is 18.8. The quantitative estimate of drug-likeness (QED) is 0.207. The van der Waals surface area contributed by atoms with Crippen LogP contribution in [0.3, 0.4) is 0 Å². The van der Waals surface area contributed by atoms with Crippen molar-refractivity contribution in [3.63, 3.8) is 0 Å². The van der Waals surface area contributed by atoms with E-state index in [-0.39, 0.29) is 43.0 Å². The molecule has 0 fully saturated rings. The molecule has 0 saturated carbocycles. The summed E-state index contributed by atoms with van der Waals surface area (Å²) in [5.41, 5.74) is 7.51. The van der Waals surface area contributed by atoms with E-state index in [9.17, 15) is 0 Å². The number of para-hydroxylation sites is 1. The predicted molar refractivity (Wildman–Crippen MR) is 103 cm³/mol. The van der Waals surface area contributed by atoms with Crippen molar-refractivity contribution in [2.75, 3.05) is 12.0 Å². The van der Waals surface area contributed by atoms with E-state index in [1.54, 1.807) is 0 Å². The van der Waals surface area contributed by atoms with Crippen LogP contribution in [0.4, 0.5) is 5.69 Å². The van der Waals surface area contributed by atoms with Crippen molar-refractivity contribution in [3.05, 3.63) is 54.1 Å². The molecule has 4 rings (SSSR count). The van der Waals surface area contributed by atoms with Gasteiger partial charge in [0.1, 0.15) is 0 Å². The molecule has 4 nitrogen and oxygen atoms in total. The van der Waals surface area contributed by atoms with Gasteiger partial charge in [0, 0.05) is 0 Å². The van der Waals surface area contributed by atoms with Crippen LogP contribution in [0.5, 0.6) is 0 Å². The van der Waals surface area contributed by atoms with Gasteiger partial charge in [0.2, 0.25) is 0 Å². The fourth-order valence-corrected chi connectivity index (χ4v) is 7.66. The Morgan fingerprint density at radius 1 is 1.00 bits per heavy atom. The Balaban J connectivity index is 1.93. The molecule has 0 aliphatic carbocycles. The Kier molecular flexibility index (Phi) is 6.01. The summed E-state index contributed by atoms with van der Waals surface area (Å²) in [6.07, 6.45) is 0. The van der Waals surface area contributed by atoms with E-state index < -0.39 is 0 Å². The molecule has 0 spiro atoms. The molecule has 0 saturated heterocycles. The minimum absolute atomic E-state index is 0.0524. The first-order valence-electron chi connectivity index (χ1n) is 9.29. The van der Waals surface area contributed by atoms with Crippen LogP contribution in [-0.4, -0.2) is 22.1 Å². The van der Waals surface area contributed by atoms with Gasteiger partial charge in [-0.3, -0.25) is 0 Å². The summed E-state index contributed by atoms with van der Waals surface area (Å²) in [5.74, 6) is 0.693. The van der Waals surface area contributed by atoms with Crippen molar-refractivity contribution < 1.29 is 43.0 Å². The zero-order valence-corrected chi connectivity index (χ0v) is 20.2. The van der Waals surface area contributed by atoms with Crippen LogP contribution in [0, 0.1) is 5.92 Å². The molecule has 1 aliphatic rings. The number of nitrogens with zero attached hydrogens (tertiary/aromatic N) is 4. The fourth-order valence-electron chi connectivity index (χ4n) is 3.22. The van der Waals surface area contributed by atoms with Gasteiger partial charge in [-0.25, -0.2) is 0 Å². The molecule has 6 heteroatoms. The average molecular weight is 586 g/mol. The maximum atomic E-state index is 4.70. The third-order valence-electron chi connectivity index (χ3n) is 4.39. The van der Waals surface area contributed by atoms with Gasteiger partial charge in [0.25, 0.3) is 0 Å². The number of halogens is 2. The van der Waals surface area contributed by atoms with Crippen molar-refractivity contribution in [3.8, 4) is 22.5 Å². The summed E-state index contributed by atoms with van der Waals surface area (Å²) in [6.45, 7) is 7.84. The van der Waals surface area contributed by atoms with Crippen LogP contribution >= 0.6 is 0 Å². The number of hydrogen-bond donors (Lipinski definition) is 0. The monoisotopic (exact) mass is 586 g/mol. The van der Waals surface area contributed by atoms with Crippen LogP contribution in [0.15, 0.2) is 48.5 Å². The molecule has 0 bridgehead atoms. The van der Waals surface area contributed by atoms with Crippen LogP contribution in [-0.2, 0) is 6.54 Å². The Morgan fingerprint density at radius 2 is 1.74 bits per heavy atom. The topological polar surface area (TPSA) is 34.0 Å². The molecule has 144 valence electrons. The molecule has 2 aromatic carbocycles. The number of alkyl halides is 2. The number of hydrogen-bond acceptors (Lipinski definition) is 3. The second-order valence-electron chi connectivity index (χ2n) is 6.90. The average Bonchev–Trinajstić information content (AvgIpc) is 3.08. The van der Waals surface area contributed by atoms with Gasteiger partial charge in [-0.1, -0.05) is 0 Å². The molecular formula is C21H24I2N4-2. The van der Waals surface area contributed by atoms with Crippen molar-refractivity contribution in [1.29, 1.82) is 0 Å². The van der Waals surface area contributed by atoms with Crippen LogP contribution in [0.2, 0.25) is 0 Å². The molecule has 1 aliphatic heterocycles. The maximum absolute atomic E-state index is 4.70. The summed E-state index contributed by atoms with van der Waals surface area (Å²) in [7, 11) is 0. The predicted octanol–water partition coefficient (Wildman–Crippen LogP) is -1.54. The summed E-state index contributed by atoms with van der Waals surface area (Å²) in [4.78, 5) is 0. The Hall–Kier alpha value is -1.16. The Labute approximate surface area is 182 Å². The Morgan fingerprint density at radius 3 is 2.52 bits per heavy atom. The number of benzene rings is 2. The van der Waals surface area contributed by atoms with Gasteiger partial charge in [-0.15, -0.1) is 0 Å². The number of aromatic nitrogens is 3. The summed E-state index contributed by atoms with van der Waals surface area (Å²) in [6, 6.07) is 17.6. The summed E-state index contributed by atoms with van der Waals surface area (Å²) in [5, 5.41) is 9.33. The zero-order valence-electron chi connectivity index (χ0n) is 15.9. The molecule has 2 heterocycles. The van der Waals surface area contributed by atoms with Crippen LogP contribution in [0.25, 0.3) is 22.5 Å². The van der Waals surface area contributed by atoms with Gasteiger partial charge in [0.05, 0.1) is 0 Å². The molecule has 27 heavy (non-hydrogen) atoms. The van der Waals surface area contributed by atoms with E-state index in [1.165, 1.54) is 36.9 Å². The van der Waals surface area contributed by atoms with E-state index >= 15 is 0 Å². The normalized spacial score (nSPS) is 13.3. The minimum atomic E-state index is -0.213. The molecular weight excluding hydrogens is 562 g/mol. The molecule has 0 radical (unpaired) electrons. The standard InChI is InChI=1S/C21H24I2N4/c1-4-22-26-14-16-9-5-6-10-17(16)21-20(18-11-7-8-12-19(18)26)24-25-27(21)23-13-15(2)3/h5-12,15H,4,13-14H2,1-3H3/q-2. The molecule has 0 atom stereocenters. The Bertz CT molecular complexity index is 935. The van der Waals surface area contributed by atoms with Crippen LogP contribution < -0.4 is 46.1 Å². The first kappa shape index (κ1) is 19.2. The van der Waals surface area contributed by atoms with E-state index in [4.69, 9.17) is 5.10 Å². The van der Waals surface area contributed by atoms with Crippen molar-refractivity contribution >= 4 is 5.69 Å². The van der Waals surface area contributed by atoms with Gasteiger partial charge >= 0.3 is 184 Å². The van der Waals surface area contributed by atoms with Crippen LogP contribution in [0.1, 0.15) is 26.3 Å². The van der Waals surface area contributed by atoms with Gasteiger partial charge < -0.3 is 0 Å². The molecule has 0 amide bonds. The second-order valence-corrected chi connectivity index (χ2v) is 12.7. The van der Waals surface area contributed by atoms with Crippen molar-refractivity contribution in [2.45, 2.75) is 27.3 Å². The fraction of sp³-hybridized carbons (Fsp3) is 0.333. The third kappa shape index (κ3) is 3.87. The van der Waals surface area contributed by atoms with Gasteiger partial charge in [0.15, 0.2) is 0 Å². The molecule has 0 N–H and O–H groups in total. The van der Waals surface area contributed by atoms with E-state index in [2.05, 4.69) is 80.5 Å². The third-order valence-corrected chi connectivity index (χ3v) is 10.2. The van der Waals surface area contributed by atoms with Crippen molar-refractivity contribution in [2.24, 2.45) is 5.92 Å². The second kappa shape index (κ2) is 8.46. The van der Waals surface area contributed by atoms with Gasteiger partial charge in [-0.2, -0.15) is 0 Å².